The van der Waals surface area contributed by atoms with Gasteiger partial charge in [-0.05, 0) is 31.9 Å². The first kappa shape index (κ1) is 10.6. The fourth-order valence-electron chi connectivity index (χ4n) is 2.44. The summed E-state index contributed by atoms with van der Waals surface area (Å²) in [5.41, 5.74) is 0.869. The van der Waals surface area contributed by atoms with Crippen molar-refractivity contribution in [2.24, 2.45) is 0 Å². The Hall–Kier alpha value is -1.55. The van der Waals surface area contributed by atoms with Crippen molar-refractivity contribution in [2.45, 2.75) is 32.2 Å². The van der Waals surface area contributed by atoms with E-state index in [0.717, 1.165) is 42.4 Å². The number of aryl methyl sites for hydroxylation is 2. The Bertz CT molecular complexity index is 527. The van der Waals surface area contributed by atoms with Gasteiger partial charge >= 0.3 is 0 Å². The molecular weight excluding hydrogens is 216 g/mol. The number of hydrogen-bond donors (Lipinski definition) is 1. The average Bonchev–Trinajstić information content (AvgIpc) is 2.93. The first-order chi connectivity index (χ1) is 8.28. The number of imidazole rings is 1. The monoisotopic (exact) mass is 232 g/mol. The lowest BCUT2D eigenvalue weighted by Crippen LogP contribution is -2.18. The predicted molar refractivity (Wildman–Crippen MR) is 63.7 cm³/mol. The summed E-state index contributed by atoms with van der Waals surface area (Å²) in [4.78, 5) is 4.60. The Labute approximate surface area is 99.9 Å². The van der Waals surface area contributed by atoms with Crippen molar-refractivity contribution >= 4 is 0 Å². The Morgan fingerprint density at radius 1 is 1.53 bits per heavy atom. The number of aliphatic hydroxyl groups is 1. The third-order valence-corrected chi connectivity index (χ3v) is 3.34. The number of fused-ring (bicyclic) bond motifs is 1. The highest BCUT2D eigenvalue weighted by atomic mass is 16.3. The van der Waals surface area contributed by atoms with Gasteiger partial charge in [-0.3, -0.25) is 0 Å². The molecule has 3 rings (SSSR count). The van der Waals surface area contributed by atoms with Gasteiger partial charge in [-0.2, -0.15) is 0 Å². The molecule has 1 unspecified atom stereocenters. The minimum Gasteiger partial charge on any atom is -0.460 e. The van der Waals surface area contributed by atoms with Crippen molar-refractivity contribution in [3.05, 3.63) is 29.9 Å². The summed E-state index contributed by atoms with van der Waals surface area (Å²) in [6.45, 7) is 3.09. The second kappa shape index (κ2) is 4.04. The van der Waals surface area contributed by atoms with E-state index in [1.165, 1.54) is 0 Å². The van der Waals surface area contributed by atoms with E-state index in [-0.39, 0.29) is 12.5 Å². The number of nitrogens with zero attached hydrogens (tertiary/aromatic N) is 2. The highest BCUT2D eigenvalue weighted by Crippen LogP contribution is 2.29. The third kappa shape index (κ3) is 1.78. The van der Waals surface area contributed by atoms with Gasteiger partial charge < -0.3 is 14.1 Å². The van der Waals surface area contributed by atoms with Crippen molar-refractivity contribution < 1.29 is 9.52 Å². The van der Waals surface area contributed by atoms with Crippen LogP contribution in [0, 0.1) is 6.92 Å². The zero-order valence-corrected chi connectivity index (χ0v) is 9.89. The molecule has 3 heterocycles. The summed E-state index contributed by atoms with van der Waals surface area (Å²) < 4.78 is 7.71. The Morgan fingerprint density at radius 2 is 2.41 bits per heavy atom. The molecule has 0 saturated heterocycles. The lowest BCUT2D eigenvalue weighted by atomic mass is 10.0. The van der Waals surface area contributed by atoms with Crippen LogP contribution in [0.4, 0.5) is 0 Å². The van der Waals surface area contributed by atoms with Crippen LogP contribution >= 0.6 is 0 Å². The van der Waals surface area contributed by atoms with Crippen molar-refractivity contribution in [2.75, 3.05) is 6.61 Å². The van der Waals surface area contributed by atoms with Crippen LogP contribution in [0.5, 0.6) is 0 Å². The molecule has 0 saturated carbocycles. The number of rotatable bonds is 2. The zero-order chi connectivity index (χ0) is 11.8. The van der Waals surface area contributed by atoms with Crippen molar-refractivity contribution in [1.82, 2.24) is 9.55 Å². The van der Waals surface area contributed by atoms with Gasteiger partial charge in [0.2, 0.25) is 0 Å². The largest absolute Gasteiger partial charge is 0.460 e. The molecule has 0 amide bonds. The molecule has 0 spiro atoms. The Morgan fingerprint density at radius 3 is 3.12 bits per heavy atom. The minimum absolute atomic E-state index is 0.174. The molecule has 0 fully saturated rings. The first-order valence-electron chi connectivity index (χ1n) is 6.02. The molecule has 1 N–H and O–H groups in total. The van der Waals surface area contributed by atoms with Crippen LogP contribution in [0.25, 0.3) is 11.5 Å². The van der Waals surface area contributed by atoms with Gasteiger partial charge in [-0.25, -0.2) is 4.98 Å². The molecular formula is C13H16N2O2. The predicted octanol–water partition coefficient (Wildman–Crippen LogP) is 2.32. The number of aromatic nitrogens is 2. The summed E-state index contributed by atoms with van der Waals surface area (Å²) in [5, 5.41) is 9.34. The molecule has 90 valence electrons. The quantitative estimate of drug-likeness (QED) is 0.864. The molecule has 2 aromatic rings. The van der Waals surface area contributed by atoms with Crippen LogP contribution in [0.3, 0.4) is 0 Å². The average molecular weight is 232 g/mol. The molecule has 4 nitrogen and oxygen atoms in total. The van der Waals surface area contributed by atoms with E-state index >= 15 is 0 Å². The molecule has 4 heteroatoms. The second-order valence-corrected chi connectivity index (χ2v) is 4.61. The van der Waals surface area contributed by atoms with Crippen molar-refractivity contribution in [1.29, 1.82) is 0 Å². The van der Waals surface area contributed by atoms with Crippen molar-refractivity contribution in [3.8, 4) is 11.5 Å². The second-order valence-electron chi connectivity index (χ2n) is 4.61. The van der Waals surface area contributed by atoms with Crippen LogP contribution < -0.4 is 0 Å². The maximum absolute atomic E-state index is 9.34. The van der Waals surface area contributed by atoms with E-state index in [9.17, 15) is 5.11 Å². The summed E-state index contributed by atoms with van der Waals surface area (Å²) in [7, 11) is 0. The SMILES string of the molecule is Cc1ccc(-c2cn3c(n2)C(CO)CCC3)o1. The summed E-state index contributed by atoms with van der Waals surface area (Å²) in [6.07, 6.45) is 4.14. The maximum Gasteiger partial charge on any atom is 0.154 e. The molecule has 0 bridgehead atoms. The number of hydrogen-bond acceptors (Lipinski definition) is 3. The maximum atomic E-state index is 9.34. The molecule has 0 radical (unpaired) electrons. The zero-order valence-electron chi connectivity index (χ0n) is 9.89. The van der Waals surface area contributed by atoms with Crippen LogP contribution in [0.2, 0.25) is 0 Å². The summed E-state index contributed by atoms with van der Waals surface area (Å²) in [5.74, 6) is 2.86. The van der Waals surface area contributed by atoms with E-state index in [1.807, 2.05) is 25.3 Å². The third-order valence-electron chi connectivity index (χ3n) is 3.34. The van der Waals surface area contributed by atoms with Gasteiger partial charge in [0.15, 0.2) is 5.76 Å². The van der Waals surface area contributed by atoms with Gasteiger partial charge in [-0.1, -0.05) is 0 Å². The van der Waals surface area contributed by atoms with Gasteiger partial charge in [0.1, 0.15) is 17.3 Å². The highest BCUT2D eigenvalue weighted by molar-refractivity contribution is 5.52. The Balaban J connectivity index is 2.01. The Kier molecular flexibility index (Phi) is 2.52. The molecule has 0 aliphatic carbocycles. The number of furan rings is 1. The van der Waals surface area contributed by atoms with Crippen LogP contribution in [-0.4, -0.2) is 21.3 Å². The lowest BCUT2D eigenvalue weighted by molar-refractivity contribution is 0.238. The van der Waals surface area contributed by atoms with E-state index < -0.39 is 0 Å². The first-order valence-corrected chi connectivity index (χ1v) is 6.02. The molecule has 0 aromatic carbocycles. The molecule has 1 atom stereocenters. The number of aliphatic hydroxyl groups excluding tert-OH is 1. The van der Waals surface area contributed by atoms with Crippen LogP contribution in [0.1, 0.15) is 30.3 Å². The normalized spacial score (nSPS) is 19.3. The van der Waals surface area contributed by atoms with Crippen LogP contribution in [0.15, 0.2) is 22.7 Å². The minimum atomic E-state index is 0.174. The van der Waals surface area contributed by atoms with E-state index in [0.29, 0.717) is 0 Å². The van der Waals surface area contributed by atoms with E-state index in [4.69, 9.17) is 4.42 Å². The fraction of sp³-hybridized carbons (Fsp3) is 0.462. The standard InChI is InChI=1S/C13H16N2O2/c1-9-4-5-12(17-9)11-7-15-6-2-3-10(8-16)13(15)14-11/h4-5,7,10,16H,2-3,6,8H2,1H3. The topological polar surface area (TPSA) is 51.2 Å². The van der Waals surface area contributed by atoms with Crippen LogP contribution in [-0.2, 0) is 6.54 Å². The van der Waals surface area contributed by atoms with Crippen molar-refractivity contribution in [3.63, 3.8) is 0 Å². The van der Waals surface area contributed by atoms with Gasteiger partial charge in [0.25, 0.3) is 0 Å². The van der Waals surface area contributed by atoms with Gasteiger partial charge in [0, 0.05) is 18.7 Å². The van der Waals surface area contributed by atoms with Gasteiger partial charge in [0.05, 0.1) is 6.61 Å². The fourth-order valence-corrected chi connectivity index (χ4v) is 2.44. The molecule has 2 aromatic heterocycles. The summed E-state index contributed by atoms with van der Waals surface area (Å²) in [6, 6.07) is 3.88. The summed E-state index contributed by atoms with van der Waals surface area (Å²) >= 11 is 0. The van der Waals surface area contributed by atoms with Gasteiger partial charge in [-0.15, -0.1) is 0 Å². The molecule has 1 aliphatic rings. The van der Waals surface area contributed by atoms with E-state index in [2.05, 4.69) is 9.55 Å². The van der Waals surface area contributed by atoms with E-state index in [1.54, 1.807) is 0 Å². The highest BCUT2D eigenvalue weighted by Gasteiger charge is 2.23. The molecule has 17 heavy (non-hydrogen) atoms. The lowest BCUT2D eigenvalue weighted by Gasteiger charge is -2.20. The smallest absolute Gasteiger partial charge is 0.154 e. The molecule has 1 aliphatic heterocycles.